The first-order valence-corrected chi connectivity index (χ1v) is 14.4. The zero-order chi connectivity index (χ0) is 31.5. The van der Waals surface area contributed by atoms with Crippen molar-refractivity contribution in [1.29, 1.82) is 0 Å². The summed E-state index contributed by atoms with van der Waals surface area (Å²) in [6.07, 6.45) is 0. The standard InChI is InChI=1S/C31H31Cl3N6O3/c1-17-25(39-40(24-14-11-21(33)15-23(24)34)26(17)19-7-9-20(32)10-8-19)28(41)38-27(31(2,3)4)29(42)36-16-18-5-12-22(13-6-18)37-30(35)43/h5-15,27H,16H2,1-4H3,(H,36,42)(H,38,41)(H3,35,37,43). The lowest BCUT2D eigenvalue weighted by atomic mass is 9.86. The fourth-order valence-electron chi connectivity index (χ4n) is 4.50. The number of nitrogens with two attached hydrogens (primary N) is 1. The van der Waals surface area contributed by atoms with Crippen LogP contribution in [0.3, 0.4) is 0 Å². The molecule has 5 N–H and O–H groups in total. The molecule has 0 saturated carbocycles. The molecule has 0 spiro atoms. The van der Waals surface area contributed by atoms with Gasteiger partial charge in [0.2, 0.25) is 5.91 Å². The lowest BCUT2D eigenvalue weighted by Crippen LogP contribution is -2.53. The Morgan fingerprint density at radius 2 is 1.56 bits per heavy atom. The molecule has 1 unspecified atom stereocenters. The van der Waals surface area contributed by atoms with Crippen LogP contribution in [0.1, 0.15) is 42.4 Å². The van der Waals surface area contributed by atoms with Gasteiger partial charge in [-0.3, -0.25) is 9.59 Å². The Labute approximate surface area is 264 Å². The summed E-state index contributed by atoms with van der Waals surface area (Å²) in [4.78, 5) is 38.2. The zero-order valence-electron chi connectivity index (χ0n) is 24.0. The van der Waals surface area contributed by atoms with E-state index in [4.69, 9.17) is 40.5 Å². The molecule has 4 amide bonds. The number of aromatic nitrogens is 2. The highest BCUT2D eigenvalue weighted by atomic mass is 35.5. The van der Waals surface area contributed by atoms with E-state index in [0.717, 1.165) is 11.1 Å². The van der Waals surface area contributed by atoms with E-state index in [1.807, 2.05) is 32.9 Å². The van der Waals surface area contributed by atoms with Crippen LogP contribution >= 0.6 is 34.8 Å². The van der Waals surface area contributed by atoms with Crippen LogP contribution in [0.5, 0.6) is 0 Å². The Morgan fingerprint density at radius 3 is 2.14 bits per heavy atom. The first-order chi connectivity index (χ1) is 20.2. The number of hydrogen-bond acceptors (Lipinski definition) is 4. The van der Waals surface area contributed by atoms with Gasteiger partial charge in [-0.2, -0.15) is 5.10 Å². The van der Waals surface area contributed by atoms with Gasteiger partial charge in [0.15, 0.2) is 5.69 Å². The van der Waals surface area contributed by atoms with E-state index >= 15 is 0 Å². The minimum absolute atomic E-state index is 0.135. The first kappa shape index (κ1) is 31.9. The predicted molar refractivity (Wildman–Crippen MR) is 171 cm³/mol. The molecule has 0 radical (unpaired) electrons. The Balaban J connectivity index is 1.62. The van der Waals surface area contributed by atoms with E-state index in [-0.39, 0.29) is 18.1 Å². The van der Waals surface area contributed by atoms with Crippen LogP contribution in [0, 0.1) is 12.3 Å². The number of carbonyl (C=O) groups is 3. The molecule has 0 aliphatic carbocycles. The minimum Gasteiger partial charge on any atom is -0.351 e. The monoisotopic (exact) mass is 640 g/mol. The maximum atomic E-state index is 13.8. The van der Waals surface area contributed by atoms with Crippen molar-refractivity contribution in [3.63, 3.8) is 0 Å². The average molecular weight is 642 g/mol. The highest BCUT2D eigenvalue weighted by Gasteiger charge is 2.34. The van der Waals surface area contributed by atoms with Crippen LogP contribution < -0.4 is 21.7 Å². The van der Waals surface area contributed by atoms with Gasteiger partial charge in [-0.1, -0.05) is 79.8 Å². The quantitative estimate of drug-likeness (QED) is 0.169. The van der Waals surface area contributed by atoms with Crippen molar-refractivity contribution in [2.45, 2.75) is 40.3 Å². The van der Waals surface area contributed by atoms with Crippen molar-refractivity contribution in [3.05, 3.63) is 98.6 Å². The molecule has 0 saturated heterocycles. The smallest absolute Gasteiger partial charge is 0.316 e. The van der Waals surface area contributed by atoms with Crippen molar-refractivity contribution in [2.75, 3.05) is 5.32 Å². The first-order valence-electron chi connectivity index (χ1n) is 13.3. The second kappa shape index (κ2) is 13.1. The van der Waals surface area contributed by atoms with Crippen LogP contribution in [0.2, 0.25) is 15.1 Å². The molecule has 12 heteroatoms. The molecule has 4 rings (SSSR count). The summed E-state index contributed by atoms with van der Waals surface area (Å²) in [7, 11) is 0. The van der Waals surface area contributed by atoms with E-state index in [1.54, 1.807) is 66.2 Å². The summed E-state index contributed by atoms with van der Waals surface area (Å²) in [6.45, 7) is 7.58. The summed E-state index contributed by atoms with van der Waals surface area (Å²) in [5, 5.41) is 14.3. The van der Waals surface area contributed by atoms with Crippen molar-refractivity contribution in [3.8, 4) is 16.9 Å². The maximum absolute atomic E-state index is 13.8. The number of halogens is 3. The van der Waals surface area contributed by atoms with Gasteiger partial charge in [-0.25, -0.2) is 9.48 Å². The largest absolute Gasteiger partial charge is 0.351 e. The Bertz CT molecular complexity index is 1660. The fraction of sp³-hybridized carbons (Fsp3) is 0.226. The topological polar surface area (TPSA) is 131 Å². The molecule has 0 aliphatic rings. The highest BCUT2D eigenvalue weighted by Crippen LogP contribution is 2.33. The second-order valence-electron chi connectivity index (χ2n) is 11.0. The van der Waals surface area contributed by atoms with Crippen LogP contribution in [-0.4, -0.2) is 33.7 Å². The highest BCUT2D eigenvalue weighted by molar-refractivity contribution is 6.35. The van der Waals surface area contributed by atoms with Crippen LogP contribution in [0.15, 0.2) is 66.7 Å². The molecule has 1 atom stereocenters. The van der Waals surface area contributed by atoms with Gasteiger partial charge in [0, 0.05) is 33.4 Å². The van der Waals surface area contributed by atoms with Crippen LogP contribution in [0.4, 0.5) is 10.5 Å². The SMILES string of the molecule is Cc1c(C(=O)NC(C(=O)NCc2ccc(NC(N)=O)cc2)C(C)(C)C)nn(-c2ccc(Cl)cc2Cl)c1-c1ccc(Cl)cc1. The Hall–Kier alpha value is -4.05. The Kier molecular flexibility index (Phi) is 9.69. The summed E-state index contributed by atoms with van der Waals surface area (Å²) in [5.74, 6) is -0.885. The van der Waals surface area contributed by atoms with E-state index in [9.17, 15) is 14.4 Å². The van der Waals surface area contributed by atoms with Gasteiger partial charge in [-0.15, -0.1) is 0 Å². The van der Waals surface area contributed by atoms with Gasteiger partial charge >= 0.3 is 6.03 Å². The molecule has 1 aromatic heterocycles. The third kappa shape index (κ3) is 7.67. The molecule has 0 fully saturated rings. The number of rotatable bonds is 8. The molecule has 224 valence electrons. The molecule has 1 heterocycles. The molecule has 0 bridgehead atoms. The number of anilines is 1. The zero-order valence-corrected chi connectivity index (χ0v) is 26.2. The van der Waals surface area contributed by atoms with Gasteiger partial charge in [0.25, 0.3) is 5.91 Å². The average Bonchev–Trinajstić information content (AvgIpc) is 3.27. The maximum Gasteiger partial charge on any atom is 0.316 e. The predicted octanol–water partition coefficient (Wildman–Crippen LogP) is 6.76. The number of nitrogens with zero attached hydrogens (tertiary/aromatic N) is 2. The second-order valence-corrected chi connectivity index (χ2v) is 12.3. The molecule has 43 heavy (non-hydrogen) atoms. The van der Waals surface area contributed by atoms with Crippen molar-refractivity contribution < 1.29 is 14.4 Å². The minimum atomic E-state index is -0.890. The van der Waals surface area contributed by atoms with Crippen LogP contribution in [-0.2, 0) is 11.3 Å². The lowest BCUT2D eigenvalue weighted by Gasteiger charge is -2.30. The summed E-state index contributed by atoms with van der Waals surface area (Å²) in [6, 6.07) is 17.5. The lowest BCUT2D eigenvalue weighted by molar-refractivity contribution is -0.125. The van der Waals surface area contributed by atoms with Gasteiger partial charge in [0.05, 0.1) is 16.4 Å². The van der Waals surface area contributed by atoms with E-state index in [2.05, 4.69) is 21.0 Å². The third-order valence-corrected chi connectivity index (χ3v) is 7.47. The summed E-state index contributed by atoms with van der Waals surface area (Å²) < 4.78 is 1.59. The Morgan fingerprint density at radius 1 is 0.930 bits per heavy atom. The van der Waals surface area contributed by atoms with Crippen LogP contribution in [0.25, 0.3) is 16.9 Å². The van der Waals surface area contributed by atoms with E-state index in [1.165, 1.54) is 0 Å². The van der Waals surface area contributed by atoms with Gasteiger partial charge < -0.3 is 21.7 Å². The summed E-state index contributed by atoms with van der Waals surface area (Å²) in [5.41, 5.74) is 8.50. The number of amides is 4. The number of urea groups is 1. The molecular weight excluding hydrogens is 611 g/mol. The van der Waals surface area contributed by atoms with E-state index < -0.39 is 23.4 Å². The molecule has 9 nitrogen and oxygen atoms in total. The molecular formula is C31H31Cl3N6O3. The molecule has 0 aliphatic heterocycles. The van der Waals surface area contributed by atoms with E-state index in [0.29, 0.717) is 37.7 Å². The number of carbonyl (C=O) groups excluding carboxylic acids is 3. The summed E-state index contributed by atoms with van der Waals surface area (Å²) >= 11 is 18.8. The number of benzene rings is 3. The normalized spacial score (nSPS) is 12.0. The molecule has 4 aromatic rings. The van der Waals surface area contributed by atoms with Crippen molar-refractivity contribution in [1.82, 2.24) is 20.4 Å². The van der Waals surface area contributed by atoms with Crippen molar-refractivity contribution in [2.24, 2.45) is 11.1 Å². The number of hydrogen-bond donors (Lipinski definition) is 4. The molecule has 3 aromatic carbocycles. The number of primary amides is 1. The fourth-order valence-corrected chi connectivity index (χ4v) is 5.11. The third-order valence-electron chi connectivity index (χ3n) is 6.68. The van der Waals surface area contributed by atoms with Gasteiger partial charge in [-0.05, 0) is 60.4 Å². The number of nitrogens with one attached hydrogen (secondary N) is 3. The van der Waals surface area contributed by atoms with Crippen molar-refractivity contribution >= 4 is 58.3 Å². The van der Waals surface area contributed by atoms with Gasteiger partial charge in [0.1, 0.15) is 6.04 Å².